The van der Waals surface area contributed by atoms with Crippen molar-refractivity contribution in [1.82, 2.24) is 19.0 Å². The van der Waals surface area contributed by atoms with E-state index in [-0.39, 0.29) is 102 Å². The monoisotopic (exact) mass is 1670 g/mol. The maximum absolute atomic E-state index is 11.3. The van der Waals surface area contributed by atoms with Crippen LogP contribution in [-0.2, 0) is 76.7 Å². The molecule has 0 radical (unpaired) electrons. The zero-order valence-electron chi connectivity index (χ0n) is 56.3. The zero-order chi connectivity index (χ0) is 65.2. The maximum Gasteiger partial charge on any atom is 0.372 e. The summed E-state index contributed by atoms with van der Waals surface area (Å²) in [5.74, 6) is -0.432. The Morgan fingerprint density at radius 2 is 0.898 bits per heavy atom. The number of ether oxygens (including phenoxy) is 1. The Balaban J connectivity index is 0.000000249. The summed E-state index contributed by atoms with van der Waals surface area (Å²) in [5, 5.41) is 0. The largest absolute Gasteiger partial charge is 1.00 e. The van der Waals surface area contributed by atoms with Crippen molar-refractivity contribution in [2.24, 2.45) is 12.8 Å². The van der Waals surface area contributed by atoms with Crippen molar-refractivity contribution in [2.75, 3.05) is 91.7 Å². The summed E-state index contributed by atoms with van der Waals surface area (Å²) in [4.78, 5) is 28.5. The van der Waals surface area contributed by atoms with E-state index in [0.717, 1.165) is 83.6 Å². The summed E-state index contributed by atoms with van der Waals surface area (Å²) < 4.78 is 53.8. The minimum Gasteiger partial charge on any atom is -1.00 e. The Morgan fingerprint density at radius 1 is 0.520 bits per heavy atom. The SMILES string of the molecule is C1=[N+](CCN2CCCC2)CCc2ccccc21.C1=[N+](CCn2ccnc2)CCc2ccccc21.CCOC(=O)C[N+]1=Cc2ccccc2CC1.C[n+]1ccn(CC[N+]2=Cc3ccccc3CC2)c1.Cc1ccc(S(=O)(=O)[O-])cc1.NC(=O)C[N+]1=Cc2ccccc2CC1.[Br-].[Br-].[Br-].[Br-].[Br-]. The number of nitrogens with two attached hydrogens (primary N) is 1. The number of rotatable bonds is 15. The van der Waals surface area contributed by atoms with E-state index in [2.05, 4.69) is 179 Å². The molecule has 1 saturated heterocycles. The van der Waals surface area contributed by atoms with E-state index in [1.165, 1.54) is 120 Å². The lowest BCUT2D eigenvalue weighted by Crippen LogP contribution is -3.00. The average molecular weight is 1680 g/mol. The fraction of sp³-hybridized carbons (Fsp3) is 0.347. The number of imidazole rings is 2. The van der Waals surface area contributed by atoms with Crippen molar-refractivity contribution in [2.45, 2.75) is 76.8 Å². The van der Waals surface area contributed by atoms with Crippen molar-refractivity contribution in [3.8, 4) is 0 Å². The fourth-order valence-electron chi connectivity index (χ4n) is 11.9. The summed E-state index contributed by atoms with van der Waals surface area (Å²) in [6, 6.07) is 48.4. The number of primary amides is 1. The number of hydrogen-bond acceptors (Lipinski definition) is 8. The van der Waals surface area contributed by atoms with Crippen molar-refractivity contribution in [3.05, 3.63) is 244 Å². The van der Waals surface area contributed by atoms with Gasteiger partial charge in [0.05, 0.1) is 38.0 Å². The second kappa shape index (κ2) is 43.7. The van der Waals surface area contributed by atoms with Gasteiger partial charge >= 0.3 is 5.97 Å². The third-order valence-electron chi connectivity index (χ3n) is 17.1. The van der Waals surface area contributed by atoms with Gasteiger partial charge < -0.3 is 104 Å². The summed E-state index contributed by atoms with van der Waals surface area (Å²) in [6.07, 6.45) is 31.3. The van der Waals surface area contributed by atoms with E-state index in [0.29, 0.717) is 19.7 Å². The molecule has 0 spiro atoms. The first kappa shape index (κ1) is 83.7. The van der Waals surface area contributed by atoms with Gasteiger partial charge in [0.25, 0.3) is 5.91 Å². The highest BCUT2D eigenvalue weighted by Crippen LogP contribution is 2.16. The molecular weight excluding hydrogens is 1580 g/mol. The third-order valence-corrected chi connectivity index (χ3v) is 18.0. The molecule has 0 aliphatic carbocycles. The molecule has 8 heterocycles. The number of aryl methyl sites for hydroxylation is 2. The van der Waals surface area contributed by atoms with Crippen LogP contribution in [0.5, 0.6) is 0 Å². The van der Waals surface area contributed by atoms with Crippen LogP contribution in [0, 0.1) is 6.92 Å². The Morgan fingerprint density at radius 3 is 1.27 bits per heavy atom. The quantitative estimate of drug-likeness (QED) is 0.0600. The molecule has 6 aliphatic rings. The van der Waals surface area contributed by atoms with Crippen molar-refractivity contribution in [1.29, 1.82) is 0 Å². The number of esters is 1. The summed E-state index contributed by atoms with van der Waals surface area (Å²) in [7, 11) is -2.21. The number of aromatic nitrogens is 4. The average Bonchev–Trinajstić information content (AvgIpc) is 0.938. The van der Waals surface area contributed by atoms with Crippen LogP contribution in [0.4, 0.5) is 0 Å². The molecule has 0 bridgehead atoms. The van der Waals surface area contributed by atoms with Crippen LogP contribution in [0.15, 0.2) is 188 Å². The van der Waals surface area contributed by atoms with Crippen LogP contribution in [-0.4, -0.2) is 190 Å². The Kier molecular flexibility index (Phi) is 37.4. The molecule has 0 atom stereocenters. The van der Waals surface area contributed by atoms with E-state index >= 15 is 0 Å². The molecule has 524 valence electrons. The van der Waals surface area contributed by atoms with E-state index in [1.54, 1.807) is 12.1 Å². The number of nitrogens with zero attached hydrogens (tertiary/aromatic N) is 10. The summed E-state index contributed by atoms with van der Waals surface area (Å²) >= 11 is 0. The van der Waals surface area contributed by atoms with Crippen molar-refractivity contribution >= 4 is 53.1 Å². The van der Waals surface area contributed by atoms with Gasteiger partial charge in [0.15, 0.2) is 50.7 Å². The zero-order valence-corrected chi connectivity index (χ0v) is 65.0. The molecule has 1 fully saturated rings. The molecule has 17 nitrogen and oxygen atoms in total. The van der Waals surface area contributed by atoms with Gasteiger partial charge in [-0.05, 0) is 110 Å². The van der Waals surface area contributed by atoms with Gasteiger partial charge in [-0.1, -0.05) is 109 Å². The summed E-state index contributed by atoms with van der Waals surface area (Å²) in [5.41, 5.74) is 19.8. The van der Waals surface area contributed by atoms with Gasteiger partial charge in [0.1, 0.15) is 61.8 Å². The van der Waals surface area contributed by atoms with Gasteiger partial charge in [-0.25, -0.2) is 50.2 Å². The van der Waals surface area contributed by atoms with Gasteiger partial charge in [-0.3, -0.25) is 9.69 Å². The van der Waals surface area contributed by atoms with Crippen LogP contribution < -0.4 is 95.2 Å². The minimum absolute atomic E-state index is 0. The van der Waals surface area contributed by atoms with Crippen LogP contribution >= 0.6 is 0 Å². The molecule has 0 unspecified atom stereocenters. The van der Waals surface area contributed by atoms with Crippen molar-refractivity contribution < 1.29 is 140 Å². The van der Waals surface area contributed by atoms with E-state index < -0.39 is 10.1 Å². The van der Waals surface area contributed by atoms with Crippen LogP contribution in [0.3, 0.4) is 0 Å². The van der Waals surface area contributed by atoms with Crippen LogP contribution in [0.1, 0.15) is 81.0 Å². The number of benzene rings is 6. The van der Waals surface area contributed by atoms with Crippen LogP contribution in [0.25, 0.3) is 0 Å². The first-order chi connectivity index (χ1) is 45.2. The number of halogens is 5. The predicted molar refractivity (Wildman–Crippen MR) is 365 cm³/mol. The molecule has 1 amide bonds. The van der Waals surface area contributed by atoms with E-state index in [1.807, 2.05) is 78.4 Å². The predicted octanol–water partition coefficient (Wildman–Crippen LogP) is -8.34. The molecule has 98 heavy (non-hydrogen) atoms. The molecule has 2 N–H and O–H groups in total. The van der Waals surface area contributed by atoms with Gasteiger partial charge in [0.2, 0.25) is 19.4 Å². The Labute approximate surface area is 632 Å². The molecule has 0 saturated carbocycles. The molecule has 6 aliphatic heterocycles. The number of carbonyl (C=O) groups is 2. The van der Waals surface area contributed by atoms with E-state index in [9.17, 15) is 22.6 Å². The molecular formula is C75H92Br5N11O6S. The first-order valence-corrected chi connectivity index (χ1v) is 34.1. The highest BCUT2D eigenvalue weighted by atomic mass is 79.9. The smallest absolute Gasteiger partial charge is 0.372 e. The number of amides is 1. The van der Waals surface area contributed by atoms with Crippen molar-refractivity contribution in [3.63, 3.8) is 0 Å². The second-order valence-electron chi connectivity index (χ2n) is 24.1. The topological polar surface area (TPSA) is 172 Å². The molecule has 2 aromatic heterocycles. The minimum atomic E-state index is -4.27. The van der Waals surface area contributed by atoms with Gasteiger partial charge in [-0.2, -0.15) is 0 Å². The standard InChI is InChI=1S/C15H19N3.C15H21N2.C14H16N3.C13H16NO2.C11H12N2O.C7H8O3S.5BrH/c1-16-8-9-18(13-16)11-10-17-7-6-14-4-2-3-5-15(14)12-17;1-2-6-15-13-17(10-7-14(15)5-1)12-11-16-8-3-4-9-16;1-2-4-14-11-16(7-5-13(14)3-1)9-10-17-8-6-15-12-17;1-2-16-13(15)10-14-8-7-11-5-3-4-6-12(11)9-14;12-11(14)8-13-6-5-9-3-1-2-4-10(9)7-13;1-6-2-4-7(5-3-6)11(8,9)10;;;;;/h2-5,8-9,12-13H,6-7,10-11H2,1H3;1-2,5-6,13H,3-4,7-12H2;1-4,6,8,11-12H,5,7,9-10H2;3-6,9H,2,7-8,10H2,1H3;1-4,7H,5-6,8H2,(H-,12,14);2-5H,1H3,(H,8,9,10);5*1H/q+2;3*+1;;;;;;;/p-5. The Hall–Kier alpha value is -6.70. The number of fused-ring (bicyclic) bond motifs is 5. The number of carbonyl (C=O) groups excluding carboxylic acids is 2. The number of likely N-dealkylation sites (tertiary alicyclic amines) is 1. The highest BCUT2D eigenvalue weighted by molar-refractivity contribution is 7.85. The molecule has 8 aromatic rings. The first-order valence-electron chi connectivity index (χ1n) is 32.7. The molecule has 23 heteroatoms. The lowest BCUT2D eigenvalue weighted by atomic mass is 10.0. The lowest BCUT2D eigenvalue weighted by Gasteiger charge is -2.16. The highest BCUT2D eigenvalue weighted by Gasteiger charge is 2.22. The lowest BCUT2D eigenvalue weighted by molar-refractivity contribution is -0.671. The van der Waals surface area contributed by atoms with E-state index in [4.69, 9.17) is 10.5 Å². The number of hydrogen-bond donors (Lipinski definition) is 1. The second-order valence-corrected chi connectivity index (χ2v) is 25.5. The normalized spacial score (nSPS) is 14.2. The third kappa shape index (κ3) is 27.8. The molecule has 14 rings (SSSR count). The summed E-state index contributed by atoms with van der Waals surface area (Å²) in [6.45, 7) is 19.2. The van der Waals surface area contributed by atoms with Gasteiger partial charge in [-0.15, -0.1) is 0 Å². The van der Waals surface area contributed by atoms with Crippen LogP contribution in [0.2, 0.25) is 0 Å². The maximum atomic E-state index is 11.3. The fourth-order valence-corrected chi connectivity index (χ4v) is 12.4. The molecule has 6 aromatic carbocycles. The Bertz CT molecular complexity index is 4060. The van der Waals surface area contributed by atoms with Gasteiger partial charge in [0, 0.05) is 72.3 Å².